The quantitative estimate of drug-likeness (QED) is 0.259. The van der Waals surface area contributed by atoms with E-state index in [0.29, 0.717) is 17.8 Å². The van der Waals surface area contributed by atoms with E-state index in [-0.39, 0.29) is 24.5 Å². The van der Waals surface area contributed by atoms with E-state index >= 15 is 0 Å². The first-order chi connectivity index (χ1) is 11.2. The number of hydrogen-bond donors (Lipinski definition) is 0. The average molecular weight is 311 g/mol. The Hall–Kier alpha value is -2.98. The van der Waals surface area contributed by atoms with Gasteiger partial charge in [-0.1, -0.05) is 30.3 Å². The van der Waals surface area contributed by atoms with E-state index in [2.05, 4.69) is 4.79 Å². The Morgan fingerprint density at radius 2 is 1.91 bits per heavy atom. The first-order valence-electron chi connectivity index (χ1n) is 7.30. The predicted octanol–water partition coefficient (Wildman–Crippen LogP) is 2.34. The Labute approximate surface area is 133 Å². The molecule has 2 aromatic rings. The highest BCUT2D eigenvalue weighted by Gasteiger charge is 2.22. The van der Waals surface area contributed by atoms with E-state index in [1.165, 1.54) is 0 Å². The van der Waals surface area contributed by atoms with Gasteiger partial charge in [-0.25, -0.2) is 4.79 Å². The van der Waals surface area contributed by atoms with Crippen LogP contribution >= 0.6 is 0 Å². The maximum absolute atomic E-state index is 12.5. The molecule has 0 saturated carbocycles. The summed E-state index contributed by atoms with van der Waals surface area (Å²) in [6.45, 7) is 2.22. The van der Waals surface area contributed by atoms with E-state index < -0.39 is 5.97 Å². The standard InChI is InChI=1S/C17H17N3O3/c1-2-23-17(22)14(19-18)10-12-20-11-6-9-15(20)16(21)13-7-4-3-5-8-13/h3-9,11H,2,10,12H2,1H3. The van der Waals surface area contributed by atoms with E-state index in [1.54, 1.807) is 54.1 Å². The molecule has 1 aromatic carbocycles. The molecular formula is C17H17N3O3. The molecule has 6 heteroatoms. The lowest BCUT2D eigenvalue weighted by molar-refractivity contribution is -0.140. The van der Waals surface area contributed by atoms with Gasteiger partial charge in [-0.15, -0.1) is 0 Å². The number of hydrogen-bond acceptors (Lipinski definition) is 3. The summed E-state index contributed by atoms with van der Waals surface area (Å²) >= 11 is 0. The zero-order valence-corrected chi connectivity index (χ0v) is 12.8. The number of nitrogens with zero attached hydrogens (tertiary/aromatic N) is 3. The third kappa shape index (κ3) is 4.02. The van der Waals surface area contributed by atoms with Gasteiger partial charge in [0.25, 0.3) is 0 Å². The molecule has 1 aromatic heterocycles. The van der Waals surface area contributed by atoms with Crippen LogP contribution in [0, 0.1) is 0 Å². The third-order valence-electron chi connectivity index (χ3n) is 3.32. The molecule has 0 aliphatic heterocycles. The Kier molecular flexibility index (Phi) is 5.61. The fourth-order valence-electron chi connectivity index (χ4n) is 2.19. The molecule has 1 heterocycles. The summed E-state index contributed by atoms with van der Waals surface area (Å²) < 4.78 is 6.53. The summed E-state index contributed by atoms with van der Waals surface area (Å²) in [5.74, 6) is -0.757. The van der Waals surface area contributed by atoms with Crippen molar-refractivity contribution in [3.63, 3.8) is 0 Å². The number of aryl methyl sites for hydroxylation is 1. The molecule has 0 spiro atoms. The SMILES string of the molecule is CCOC(=O)C(CCn1cccc1C(=O)c1ccccc1)=[N+]=[N-]. The number of aromatic nitrogens is 1. The lowest BCUT2D eigenvalue weighted by Crippen LogP contribution is -2.21. The van der Waals surface area contributed by atoms with Crippen molar-refractivity contribution >= 4 is 17.5 Å². The van der Waals surface area contributed by atoms with E-state index in [4.69, 9.17) is 10.3 Å². The van der Waals surface area contributed by atoms with Crippen LogP contribution in [0.3, 0.4) is 0 Å². The van der Waals surface area contributed by atoms with Gasteiger partial charge in [-0.2, -0.15) is 4.79 Å². The Morgan fingerprint density at radius 1 is 1.17 bits per heavy atom. The predicted molar refractivity (Wildman–Crippen MR) is 84.2 cm³/mol. The summed E-state index contributed by atoms with van der Waals surface area (Å²) in [5, 5.41) is 0. The lowest BCUT2D eigenvalue weighted by Gasteiger charge is -2.07. The molecular weight excluding hydrogens is 294 g/mol. The number of benzene rings is 1. The van der Waals surface area contributed by atoms with Crippen LogP contribution in [0.2, 0.25) is 0 Å². The van der Waals surface area contributed by atoms with Crippen LogP contribution in [-0.2, 0) is 16.1 Å². The molecule has 0 N–H and O–H groups in total. The van der Waals surface area contributed by atoms with Crippen LogP contribution in [0.4, 0.5) is 0 Å². The van der Waals surface area contributed by atoms with Crippen molar-refractivity contribution in [3.8, 4) is 0 Å². The molecule has 0 radical (unpaired) electrons. The number of esters is 1. The smallest absolute Gasteiger partial charge is 0.416 e. The summed E-state index contributed by atoms with van der Waals surface area (Å²) in [6.07, 6.45) is 1.91. The molecule has 0 amide bonds. The van der Waals surface area contributed by atoms with Gasteiger partial charge in [0.05, 0.1) is 18.7 Å². The van der Waals surface area contributed by atoms with Gasteiger partial charge in [0.2, 0.25) is 5.78 Å². The van der Waals surface area contributed by atoms with Crippen molar-refractivity contribution in [1.29, 1.82) is 0 Å². The number of carbonyl (C=O) groups is 2. The lowest BCUT2D eigenvalue weighted by atomic mass is 10.1. The first-order valence-corrected chi connectivity index (χ1v) is 7.30. The van der Waals surface area contributed by atoms with Crippen LogP contribution in [-0.4, -0.2) is 33.4 Å². The van der Waals surface area contributed by atoms with Crippen molar-refractivity contribution in [1.82, 2.24) is 4.57 Å². The topological polar surface area (TPSA) is 84.7 Å². The van der Waals surface area contributed by atoms with Gasteiger partial charge in [-0.3, -0.25) is 4.79 Å². The summed E-state index contributed by atoms with van der Waals surface area (Å²) in [7, 11) is 0. The highest BCUT2D eigenvalue weighted by molar-refractivity contribution is 6.33. The maximum Gasteiger partial charge on any atom is 0.416 e. The van der Waals surface area contributed by atoms with Gasteiger partial charge >= 0.3 is 11.7 Å². The second-order valence-corrected chi connectivity index (χ2v) is 4.80. The number of rotatable bonds is 7. The summed E-state index contributed by atoms with van der Waals surface area (Å²) in [5.41, 5.74) is 9.95. The van der Waals surface area contributed by atoms with Crippen molar-refractivity contribution in [2.75, 3.05) is 6.61 Å². The Bertz CT molecular complexity index is 743. The first kappa shape index (κ1) is 16.4. The van der Waals surface area contributed by atoms with Gasteiger partial charge < -0.3 is 14.8 Å². The fourth-order valence-corrected chi connectivity index (χ4v) is 2.19. The molecule has 0 aliphatic carbocycles. The Morgan fingerprint density at radius 3 is 2.57 bits per heavy atom. The second-order valence-electron chi connectivity index (χ2n) is 4.80. The van der Waals surface area contributed by atoms with Crippen LogP contribution < -0.4 is 0 Å². The van der Waals surface area contributed by atoms with Crippen LogP contribution in [0.1, 0.15) is 29.4 Å². The van der Waals surface area contributed by atoms with E-state index in [0.717, 1.165) is 0 Å². The van der Waals surface area contributed by atoms with Crippen molar-refractivity contribution in [2.45, 2.75) is 19.9 Å². The molecule has 23 heavy (non-hydrogen) atoms. The minimum atomic E-state index is -0.655. The molecule has 0 aliphatic rings. The minimum Gasteiger partial charge on any atom is -0.457 e. The van der Waals surface area contributed by atoms with E-state index in [1.807, 2.05) is 6.07 Å². The zero-order chi connectivity index (χ0) is 16.7. The highest BCUT2D eigenvalue weighted by Crippen LogP contribution is 2.11. The van der Waals surface area contributed by atoms with Crippen LogP contribution in [0.25, 0.3) is 5.53 Å². The summed E-state index contributed by atoms with van der Waals surface area (Å²) in [4.78, 5) is 27.1. The van der Waals surface area contributed by atoms with Gasteiger partial charge in [0, 0.05) is 18.3 Å². The Balaban J connectivity index is 2.11. The molecule has 0 unspecified atom stereocenters. The average Bonchev–Trinajstić information content (AvgIpc) is 3.04. The number of ether oxygens (including phenoxy) is 1. The molecule has 0 atom stereocenters. The summed E-state index contributed by atoms with van der Waals surface area (Å²) in [6, 6.07) is 12.4. The van der Waals surface area contributed by atoms with Gasteiger partial charge in [-0.05, 0) is 19.1 Å². The minimum absolute atomic E-state index is 0.0707. The molecule has 0 saturated heterocycles. The number of ketones is 1. The fraction of sp³-hybridized carbons (Fsp3) is 0.235. The molecule has 0 fully saturated rings. The van der Waals surface area contributed by atoms with Crippen molar-refractivity contribution in [2.24, 2.45) is 0 Å². The second kappa shape index (κ2) is 7.87. The molecule has 6 nitrogen and oxygen atoms in total. The zero-order valence-electron chi connectivity index (χ0n) is 12.8. The molecule has 2 rings (SSSR count). The normalized spacial score (nSPS) is 9.96. The van der Waals surface area contributed by atoms with E-state index in [9.17, 15) is 9.59 Å². The third-order valence-corrected chi connectivity index (χ3v) is 3.32. The van der Waals surface area contributed by atoms with Crippen molar-refractivity contribution < 1.29 is 19.1 Å². The number of carbonyl (C=O) groups excluding carboxylic acids is 2. The maximum atomic E-state index is 12.5. The molecule has 0 bridgehead atoms. The van der Waals surface area contributed by atoms with Crippen LogP contribution in [0.5, 0.6) is 0 Å². The molecule has 118 valence electrons. The highest BCUT2D eigenvalue weighted by atomic mass is 16.5. The largest absolute Gasteiger partial charge is 0.457 e. The van der Waals surface area contributed by atoms with Crippen LogP contribution in [0.15, 0.2) is 48.7 Å². The monoisotopic (exact) mass is 311 g/mol. The van der Waals surface area contributed by atoms with Gasteiger partial charge in [0.15, 0.2) is 0 Å². The van der Waals surface area contributed by atoms with Crippen molar-refractivity contribution in [3.05, 3.63) is 65.4 Å². The van der Waals surface area contributed by atoms with Gasteiger partial charge in [0.1, 0.15) is 0 Å².